The highest BCUT2D eigenvalue weighted by molar-refractivity contribution is 7.08. The van der Waals surface area contributed by atoms with Crippen molar-refractivity contribution >= 4 is 34.0 Å². The van der Waals surface area contributed by atoms with E-state index in [0.717, 1.165) is 22.1 Å². The molecule has 0 aliphatic carbocycles. The predicted molar refractivity (Wildman–Crippen MR) is 106 cm³/mol. The number of hydrogen-bond acceptors (Lipinski definition) is 5. The van der Waals surface area contributed by atoms with Crippen molar-refractivity contribution in [1.29, 1.82) is 0 Å². The summed E-state index contributed by atoms with van der Waals surface area (Å²) in [6.07, 6.45) is 0.820. The van der Waals surface area contributed by atoms with Crippen LogP contribution >= 0.6 is 11.3 Å². The summed E-state index contributed by atoms with van der Waals surface area (Å²) in [5.41, 5.74) is 1.59. The Labute approximate surface area is 161 Å². The first-order chi connectivity index (χ1) is 13.2. The number of amides is 1. The van der Waals surface area contributed by atoms with Crippen molar-refractivity contribution < 1.29 is 19.1 Å². The summed E-state index contributed by atoms with van der Waals surface area (Å²) in [4.78, 5) is 23.7. The van der Waals surface area contributed by atoms with Gasteiger partial charge in [-0.05, 0) is 52.4 Å². The van der Waals surface area contributed by atoms with Crippen LogP contribution in [0.4, 0.5) is 0 Å². The first kappa shape index (κ1) is 18.9. The van der Waals surface area contributed by atoms with E-state index in [1.165, 1.54) is 11.3 Å². The van der Waals surface area contributed by atoms with Gasteiger partial charge in [0, 0.05) is 23.9 Å². The Kier molecular flexibility index (Phi) is 6.44. The van der Waals surface area contributed by atoms with Crippen molar-refractivity contribution in [3.63, 3.8) is 0 Å². The first-order valence-electron chi connectivity index (χ1n) is 8.68. The molecular formula is C21H21NO4S. The Balaban J connectivity index is 1.41. The van der Waals surface area contributed by atoms with Crippen LogP contribution in [0.1, 0.15) is 28.8 Å². The van der Waals surface area contributed by atoms with E-state index in [4.69, 9.17) is 9.47 Å². The van der Waals surface area contributed by atoms with Gasteiger partial charge in [0.05, 0.1) is 7.11 Å². The van der Waals surface area contributed by atoms with Gasteiger partial charge in [-0.15, -0.1) is 0 Å². The molecule has 27 heavy (non-hydrogen) atoms. The number of methoxy groups -OCH3 is 1. The molecule has 1 amide bonds. The van der Waals surface area contributed by atoms with Crippen molar-refractivity contribution in [3.8, 4) is 5.75 Å². The minimum atomic E-state index is -0.269. The van der Waals surface area contributed by atoms with E-state index in [1.807, 2.05) is 41.8 Å². The molecule has 0 radical (unpaired) electrons. The maximum atomic E-state index is 11.9. The molecule has 0 fully saturated rings. The number of ether oxygens (including phenoxy) is 2. The number of benzene rings is 2. The summed E-state index contributed by atoms with van der Waals surface area (Å²) in [5.74, 6) is 0.430. The minimum absolute atomic E-state index is 0.114. The quantitative estimate of drug-likeness (QED) is 0.468. The van der Waals surface area contributed by atoms with Crippen molar-refractivity contribution in [2.75, 3.05) is 13.7 Å². The van der Waals surface area contributed by atoms with E-state index in [0.29, 0.717) is 18.5 Å². The second-order valence-electron chi connectivity index (χ2n) is 6.08. The molecular weight excluding hydrogens is 362 g/mol. The summed E-state index contributed by atoms with van der Waals surface area (Å²) in [5, 5.41) is 8.59. The molecule has 0 saturated carbocycles. The van der Waals surface area contributed by atoms with Crippen LogP contribution in [0, 0.1) is 0 Å². The van der Waals surface area contributed by atoms with Gasteiger partial charge in [0.25, 0.3) is 5.91 Å². The average Bonchev–Trinajstić information content (AvgIpc) is 3.24. The Morgan fingerprint density at radius 2 is 1.89 bits per heavy atom. The molecule has 5 nitrogen and oxygen atoms in total. The van der Waals surface area contributed by atoms with Crippen LogP contribution in [-0.4, -0.2) is 25.5 Å². The van der Waals surface area contributed by atoms with Crippen LogP contribution in [0.3, 0.4) is 0 Å². The van der Waals surface area contributed by atoms with Gasteiger partial charge < -0.3 is 14.8 Å². The van der Waals surface area contributed by atoms with Crippen molar-refractivity contribution in [2.24, 2.45) is 0 Å². The fourth-order valence-electron chi connectivity index (χ4n) is 2.66. The number of fused-ring (bicyclic) bond motifs is 1. The lowest BCUT2D eigenvalue weighted by atomic mass is 10.1. The number of esters is 1. The van der Waals surface area contributed by atoms with Crippen LogP contribution < -0.4 is 10.1 Å². The number of carbonyl (C=O) groups is 2. The summed E-state index contributed by atoms with van der Waals surface area (Å²) in [6.45, 7) is 0.684. The molecule has 0 atom stereocenters. The lowest BCUT2D eigenvalue weighted by molar-refractivity contribution is -0.145. The molecule has 0 unspecified atom stereocenters. The molecule has 1 N–H and O–H groups in total. The fraction of sp³-hybridized carbons (Fsp3) is 0.238. The van der Waals surface area contributed by atoms with Crippen LogP contribution in [0.25, 0.3) is 10.8 Å². The summed E-state index contributed by atoms with van der Waals surface area (Å²) in [7, 11) is 1.64. The van der Waals surface area contributed by atoms with E-state index < -0.39 is 0 Å². The van der Waals surface area contributed by atoms with E-state index in [1.54, 1.807) is 18.6 Å². The normalized spacial score (nSPS) is 10.6. The van der Waals surface area contributed by atoms with Gasteiger partial charge in [0.15, 0.2) is 0 Å². The Bertz CT molecular complexity index is 921. The van der Waals surface area contributed by atoms with Gasteiger partial charge in [0.1, 0.15) is 12.4 Å². The molecule has 0 spiro atoms. The van der Waals surface area contributed by atoms with Gasteiger partial charge in [-0.3, -0.25) is 9.59 Å². The number of rotatable bonds is 8. The van der Waals surface area contributed by atoms with E-state index in [-0.39, 0.29) is 24.9 Å². The number of hydrogen-bond donors (Lipinski definition) is 1. The zero-order valence-corrected chi connectivity index (χ0v) is 15.9. The highest BCUT2D eigenvalue weighted by atomic mass is 32.1. The van der Waals surface area contributed by atoms with Gasteiger partial charge in [-0.25, -0.2) is 0 Å². The topological polar surface area (TPSA) is 64.6 Å². The van der Waals surface area contributed by atoms with Gasteiger partial charge >= 0.3 is 5.97 Å². The highest BCUT2D eigenvalue weighted by Gasteiger charge is 2.07. The molecule has 6 heteroatoms. The van der Waals surface area contributed by atoms with Crippen molar-refractivity contribution in [3.05, 3.63) is 64.4 Å². The molecule has 0 aliphatic heterocycles. The predicted octanol–water partition coefficient (Wildman–Crippen LogP) is 4.16. The average molecular weight is 383 g/mol. The molecule has 2 aromatic carbocycles. The second-order valence-corrected chi connectivity index (χ2v) is 6.86. The summed E-state index contributed by atoms with van der Waals surface area (Å²) in [6, 6.07) is 13.6. The van der Waals surface area contributed by atoms with Gasteiger partial charge in [0.2, 0.25) is 0 Å². The van der Waals surface area contributed by atoms with Gasteiger partial charge in [-0.2, -0.15) is 11.3 Å². The standard InChI is InChI=1S/C21H21NO4S/c1-25-19-7-6-16-11-15(4-5-17(16)12-19)13-26-20(23)3-2-9-22-21(24)18-8-10-27-14-18/h4-8,10-12,14H,2-3,9,13H2,1H3,(H,22,24). The molecule has 0 bridgehead atoms. The molecule has 0 saturated heterocycles. The number of thiophene rings is 1. The molecule has 1 aromatic heterocycles. The molecule has 3 rings (SSSR count). The summed E-state index contributed by atoms with van der Waals surface area (Å²) >= 11 is 1.48. The van der Waals surface area contributed by atoms with Crippen molar-refractivity contribution in [2.45, 2.75) is 19.4 Å². The van der Waals surface area contributed by atoms with Crippen LogP contribution in [-0.2, 0) is 16.1 Å². The second kappa shape index (κ2) is 9.19. The largest absolute Gasteiger partial charge is 0.497 e. The van der Waals surface area contributed by atoms with Crippen LogP contribution in [0.5, 0.6) is 5.75 Å². The first-order valence-corrected chi connectivity index (χ1v) is 9.63. The molecule has 140 valence electrons. The monoisotopic (exact) mass is 383 g/mol. The zero-order valence-electron chi connectivity index (χ0n) is 15.1. The van der Waals surface area contributed by atoms with Crippen LogP contribution in [0.2, 0.25) is 0 Å². The number of nitrogens with one attached hydrogen (secondary N) is 1. The third-order valence-electron chi connectivity index (χ3n) is 4.14. The maximum absolute atomic E-state index is 11.9. The number of carbonyl (C=O) groups excluding carboxylic acids is 2. The fourth-order valence-corrected chi connectivity index (χ4v) is 3.29. The maximum Gasteiger partial charge on any atom is 0.306 e. The Hall–Kier alpha value is -2.86. The Morgan fingerprint density at radius 1 is 1.07 bits per heavy atom. The molecule has 3 aromatic rings. The van der Waals surface area contributed by atoms with E-state index in [9.17, 15) is 9.59 Å². The lowest BCUT2D eigenvalue weighted by Gasteiger charge is -2.08. The Morgan fingerprint density at radius 3 is 2.67 bits per heavy atom. The third-order valence-corrected chi connectivity index (χ3v) is 4.82. The summed E-state index contributed by atoms with van der Waals surface area (Å²) < 4.78 is 10.5. The molecule has 1 heterocycles. The minimum Gasteiger partial charge on any atom is -0.497 e. The van der Waals surface area contributed by atoms with Crippen molar-refractivity contribution in [1.82, 2.24) is 5.32 Å². The molecule has 0 aliphatic rings. The van der Waals surface area contributed by atoms with E-state index >= 15 is 0 Å². The third kappa shape index (κ3) is 5.31. The zero-order chi connectivity index (χ0) is 19.1. The van der Waals surface area contributed by atoms with Gasteiger partial charge in [-0.1, -0.05) is 18.2 Å². The van der Waals surface area contributed by atoms with Crippen LogP contribution in [0.15, 0.2) is 53.2 Å². The SMILES string of the molecule is COc1ccc2cc(COC(=O)CCCNC(=O)c3ccsc3)ccc2c1. The smallest absolute Gasteiger partial charge is 0.306 e. The highest BCUT2D eigenvalue weighted by Crippen LogP contribution is 2.22. The lowest BCUT2D eigenvalue weighted by Crippen LogP contribution is -2.24. The van der Waals surface area contributed by atoms with E-state index in [2.05, 4.69) is 5.32 Å².